The third-order valence-corrected chi connectivity index (χ3v) is 11.4. The number of esters is 1. The molecule has 12 nitrogen and oxygen atoms in total. The van der Waals surface area contributed by atoms with Crippen molar-refractivity contribution in [3.05, 3.63) is 179 Å². The van der Waals surface area contributed by atoms with Crippen molar-refractivity contribution in [3.8, 4) is 0 Å². The third-order valence-electron chi connectivity index (χ3n) is 11.4. The molecule has 3 aliphatic rings. The predicted molar refractivity (Wildman–Crippen MR) is 235 cm³/mol. The SMILES string of the molecule is CC(C)(C)C(=O)O[C@@H]1[C@@H](OCc2ccccc2)[C@H](O[C@@H]2O[C@@H]3COC(c4ccccc4)O[C@@H]3[C@H](OCc3ccccc3)[C@H]2OCc2ccccc2)[C@@H](COCc2ccccc2)O[C@H]1O. The Labute approximate surface area is 375 Å². The summed E-state index contributed by atoms with van der Waals surface area (Å²) in [6.45, 7) is 6.18. The van der Waals surface area contributed by atoms with Gasteiger partial charge in [0.05, 0.1) is 45.1 Å². The van der Waals surface area contributed by atoms with E-state index in [1.54, 1.807) is 20.8 Å². The molecule has 64 heavy (non-hydrogen) atoms. The maximum atomic E-state index is 13.6. The zero-order valence-corrected chi connectivity index (χ0v) is 36.5. The van der Waals surface area contributed by atoms with E-state index in [0.29, 0.717) is 0 Å². The Morgan fingerprint density at radius 1 is 0.578 bits per heavy atom. The molecule has 8 rings (SSSR count). The Kier molecular flexibility index (Phi) is 15.6. The summed E-state index contributed by atoms with van der Waals surface area (Å²) < 4.78 is 66.3. The molecule has 3 heterocycles. The topological polar surface area (TPSA) is 130 Å². The normalized spacial score (nSPS) is 28.2. The van der Waals surface area contributed by atoms with E-state index in [4.69, 9.17) is 47.4 Å². The van der Waals surface area contributed by atoms with Crippen LogP contribution in [0.25, 0.3) is 0 Å². The fourth-order valence-corrected chi connectivity index (χ4v) is 7.93. The number of hydrogen-bond acceptors (Lipinski definition) is 12. The van der Waals surface area contributed by atoms with Gasteiger partial charge in [-0.1, -0.05) is 152 Å². The van der Waals surface area contributed by atoms with Crippen molar-refractivity contribution in [1.82, 2.24) is 0 Å². The minimum absolute atomic E-state index is 0.0189. The second-order valence-corrected chi connectivity index (χ2v) is 17.3. The Hall–Kier alpha value is -4.83. The summed E-state index contributed by atoms with van der Waals surface area (Å²) in [7, 11) is 0. The van der Waals surface area contributed by atoms with E-state index < -0.39 is 79.1 Å². The van der Waals surface area contributed by atoms with Gasteiger partial charge in [0.25, 0.3) is 0 Å². The molecule has 0 saturated carbocycles. The number of ether oxygens (including phenoxy) is 10. The van der Waals surface area contributed by atoms with Crippen LogP contribution in [0.2, 0.25) is 0 Å². The van der Waals surface area contributed by atoms with Crippen LogP contribution >= 0.6 is 0 Å². The van der Waals surface area contributed by atoms with Gasteiger partial charge in [-0.05, 0) is 43.0 Å². The average Bonchev–Trinajstić information content (AvgIpc) is 3.32. The summed E-state index contributed by atoms with van der Waals surface area (Å²) in [6.07, 6.45) is -10.8. The first-order chi connectivity index (χ1) is 31.2. The summed E-state index contributed by atoms with van der Waals surface area (Å²) in [4.78, 5) is 13.6. The van der Waals surface area contributed by atoms with Gasteiger partial charge < -0.3 is 52.5 Å². The van der Waals surface area contributed by atoms with Crippen molar-refractivity contribution in [3.63, 3.8) is 0 Å². The molecule has 0 aliphatic carbocycles. The van der Waals surface area contributed by atoms with Crippen LogP contribution < -0.4 is 0 Å². The quantitative estimate of drug-likeness (QED) is 0.0914. The van der Waals surface area contributed by atoms with Crippen LogP contribution in [0.15, 0.2) is 152 Å². The van der Waals surface area contributed by atoms with E-state index in [-0.39, 0.29) is 39.6 Å². The highest BCUT2D eigenvalue weighted by Gasteiger charge is 2.56. The molecule has 0 radical (unpaired) electrons. The second kappa shape index (κ2) is 21.9. The summed E-state index contributed by atoms with van der Waals surface area (Å²) in [6, 6.07) is 48.8. The maximum Gasteiger partial charge on any atom is 0.311 e. The first-order valence-corrected chi connectivity index (χ1v) is 22.0. The van der Waals surface area contributed by atoms with Crippen molar-refractivity contribution >= 4 is 5.97 Å². The van der Waals surface area contributed by atoms with Crippen LogP contribution in [0.5, 0.6) is 0 Å². The second-order valence-electron chi connectivity index (χ2n) is 17.3. The molecular weight excluding hydrogens is 817 g/mol. The Morgan fingerprint density at radius 2 is 1.06 bits per heavy atom. The molecule has 3 fully saturated rings. The molecule has 11 atom stereocenters. The van der Waals surface area contributed by atoms with Crippen molar-refractivity contribution < 1.29 is 57.3 Å². The van der Waals surface area contributed by atoms with Crippen molar-refractivity contribution in [2.24, 2.45) is 5.41 Å². The zero-order valence-electron chi connectivity index (χ0n) is 36.5. The highest BCUT2D eigenvalue weighted by Crippen LogP contribution is 2.40. The smallest absolute Gasteiger partial charge is 0.311 e. The Bertz CT molecular complexity index is 2140. The highest BCUT2D eigenvalue weighted by atomic mass is 16.8. The van der Waals surface area contributed by atoms with Gasteiger partial charge in [-0.25, -0.2) is 0 Å². The fourth-order valence-electron chi connectivity index (χ4n) is 7.93. The summed E-state index contributed by atoms with van der Waals surface area (Å²) in [5, 5.41) is 11.7. The summed E-state index contributed by atoms with van der Waals surface area (Å²) in [5.74, 6) is -0.550. The predicted octanol–water partition coefficient (Wildman–Crippen LogP) is 7.86. The minimum atomic E-state index is -1.59. The number of carbonyl (C=O) groups excluding carboxylic acids is 1. The van der Waals surface area contributed by atoms with E-state index in [1.807, 2.05) is 152 Å². The van der Waals surface area contributed by atoms with Crippen LogP contribution in [-0.4, -0.2) is 85.7 Å². The van der Waals surface area contributed by atoms with Gasteiger partial charge in [0, 0.05) is 5.56 Å². The van der Waals surface area contributed by atoms with Crippen LogP contribution in [0.1, 0.15) is 54.9 Å². The molecule has 1 unspecified atom stereocenters. The lowest BCUT2D eigenvalue weighted by molar-refractivity contribution is -0.394. The Morgan fingerprint density at radius 3 is 1.59 bits per heavy atom. The first-order valence-electron chi connectivity index (χ1n) is 22.0. The zero-order chi connectivity index (χ0) is 44.3. The molecule has 0 spiro atoms. The third kappa shape index (κ3) is 11.9. The standard InChI is InChI=1S/C52H58O12/c1-52(2,3)51(54)64-46-44(56-30-36-21-11-5-12-22-36)42(40(60-48(46)53)33-55-29-35-19-9-4-10-20-35)63-50-47(58-32-38-25-15-7-16-26-38)45(57-31-37-23-13-6-14-24-37)43-41(61-50)34-59-49(62-43)39-27-17-8-18-28-39/h4-28,40-50,53H,29-34H2,1-3H3/t40-,41-,42-,43+,44+,45+,46-,47-,48-,49?,50+/m1/s1. The van der Waals surface area contributed by atoms with E-state index in [9.17, 15) is 9.90 Å². The molecule has 0 aromatic heterocycles. The Balaban J connectivity index is 1.16. The largest absolute Gasteiger partial charge is 0.454 e. The first kappa shape index (κ1) is 45.7. The number of carbonyl (C=O) groups is 1. The lowest BCUT2D eigenvalue weighted by Gasteiger charge is -2.51. The van der Waals surface area contributed by atoms with Crippen molar-refractivity contribution in [1.29, 1.82) is 0 Å². The van der Waals surface area contributed by atoms with Gasteiger partial charge in [-0.2, -0.15) is 0 Å². The molecular formula is C52H58O12. The molecule has 3 saturated heterocycles. The highest BCUT2D eigenvalue weighted by molar-refractivity contribution is 5.75. The van der Waals surface area contributed by atoms with Crippen molar-refractivity contribution in [2.45, 2.75) is 115 Å². The number of fused-ring (bicyclic) bond motifs is 1. The van der Waals surface area contributed by atoms with E-state index >= 15 is 0 Å². The van der Waals surface area contributed by atoms with Gasteiger partial charge in [0.15, 0.2) is 25.0 Å². The molecule has 12 heteroatoms. The number of aliphatic hydroxyl groups excluding tert-OH is 1. The van der Waals surface area contributed by atoms with Gasteiger partial charge in [0.2, 0.25) is 0 Å². The average molecular weight is 875 g/mol. The van der Waals surface area contributed by atoms with Crippen LogP contribution in [0.4, 0.5) is 0 Å². The van der Waals surface area contributed by atoms with Gasteiger partial charge in [-0.15, -0.1) is 0 Å². The lowest BCUT2D eigenvalue weighted by Crippen LogP contribution is -2.67. The van der Waals surface area contributed by atoms with Crippen LogP contribution in [0, 0.1) is 5.41 Å². The molecule has 338 valence electrons. The molecule has 0 amide bonds. The number of hydrogen-bond donors (Lipinski definition) is 1. The monoisotopic (exact) mass is 874 g/mol. The fraction of sp³-hybridized carbons (Fsp3) is 0.404. The minimum Gasteiger partial charge on any atom is -0.454 e. The van der Waals surface area contributed by atoms with Gasteiger partial charge >= 0.3 is 5.97 Å². The lowest BCUT2D eigenvalue weighted by atomic mass is 9.94. The van der Waals surface area contributed by atoms with E-state index in [0.717, 1.165) is 27.8 Å². The molecule has 0 bridgehead atoms. The molecule has 1 N–H and O–H groups in total. The summed E-state index contributed by atoms with van der Waals surface area (Å²) in [5.41, 5.74) is 3.64. The number of aliphatic hydroxyl groups is 1. The van der Waals surface area contributed by atoms with Crippen LogP contribution in [-0.2, 0) is 78.6 Å². The maximum absolute atomic E-state index is 13.6. The van der Waals surface area contributed by atoms with E-state index in [2.05, 4.69) is 0 Å². The molecule has 5 aromatic carbocycles. The van der Waals surface area contributed by atoms with Gasteiger partial charge in [0.1, 0.15) is 42.7 Å². The van der Waals surface area contributed by atoms with Crippen molar-refractivity contribution in [2.75, 3.05) is 13.2 Å². The summed E-state index contributed by atoms with van der Waals surface area (Å²) >= 11 is 0. The van der Waals surface area contributed by atoms with E-state index in [1.165, 1.54) is 0 Å². The van der Waals surface area contributed by atoms with Crippen LogP contribution in [0.3, 0.4) is 0 Å². The molecule has 3 aliphatic heterocycles. The number of benzene rings is 5. The van der Waals surface area contributed by atoms with Gasteiger partial charge in [-0.3, -0.25) is 4.79 Å². The molecule has 5 aromatic rings. The number of rotatable bonds is 17.